The van der Waals surface area contributed by atoms with Gasteiger partial charge in [-0.3, -0.25) is 4.79 Å². The number of anilines is 1. The summed E-state index contributed by atoms with van der Waals surface area (Å²) in [7, 11) is 0. The number of aryl methyl sites for hydroxylation is 1. The second-order valence-corrected chi connectivity index (χ2v) is 4.60. The van der Waals surface area contributed by atoms with E-state index in [1.165, 1.54) is 0 Å². The minimum atomic E-state index is -1.61. The van der Waals surface area contributed by atoms with Gasteiger partial charge in [-0.1, -0.05) is 11.6 Å². The molecule has 104 valence electrons. The first-order valence-corrected chi connectivity index (χ1v) is 5.98. The molecular weight excluding hydrogens is 291 g/mol. The van der Waals surface area contributed by atoms with Gasteiger partial charge in [-0.15, -0.1) is 0 Å². The van der Waals surface area contributed by atoms with Gasteiger partial charge in [0.2, 0.25) is 0 Å². The minimum absolute atomic E-state index is 0.309. The first-order chi connectivity index (χ1) is 9.38. The molecule has 0 heterocycles. The standard InChI is InChI=1S/C14H9ClF3NO/c1-7-4-9(15)2-3-12(7)19-14(20)8-5-10(16)13(18)11(17)6-8/h2-6H,1H3,(H,19,20). The maximum absolute atomic E-state index is 13.1. The predicted molar refractivity (Wildman–Crippen MR) is 70.5 cm³/mol. The molecule has 0 radical (unpaired) electrons. The molecule has 0 saturated heterocycles. The third-order valence-corrected chi connectivity index (χ3v) is 2.92. The summed E-state index contributed by atoms with van der Waals surface area (Å²) in [5, 5.41) is 2.97. The van der Waals surface area contributed by atoms with Crippen LogP contribution in [-0.2, 0) is 0 Å². The van der Waals surface area contributed by atoms with Crippen LogP contribution in [0.25, 0.3) is 0 Å². The number of amides is 1. The van der Waals surface area contributed by atoms with E-state index < -0.39 is 23.4 Å². The molecule has 0 spiro atoms. The van der Waals surface area contributed by atoms with Crippen LogP contribution in [0.3, 0.4) is 0 Å². The zero-order valence-corrected chi connectivity index (χ0v) is 11.1. The molecule has 0 saturated carbocycles. The zero-order chi connectivity index (χ0) is 14.9. The van der Waals surface area contributed by atoms with E-state index in [2.05, 4.69) is 5.32 Å². The second-order valence-electron chi connectivity index (χ2n) is 4.17. The van der Waals surface area contributed by atoms with Crippen molar-refractivity contribution in [2.75, 3.05) is 5.32 Å². The van der Waals surface area contributed by atoms with E-state index in [-0.39, 0.29) is 5.56 Å². The van der Waals surface area contributed by atoms with E-state index in [0.29, 0.717) is 28.4 Å². The Bertz CT molecular complexity index is 665. The van der Waals surface area contributed by atoms with Crippen LogP contribution in [0.15, 0.2) is 30.3 Å². The van der Waals surface area contributed by atoms with Crippen LogP contribution < -0.4 is 5.32 Å². The molecule has 1 amide bonds. The predicted octanol–water partition coefficient (Wildman–Crippen LogP) is 4.32. The highest BCUT2D eigenvalue weighted by Gasteiger charge is 2.15. The average molecular weight is 300 g/mol. The summed E-state index contributed by atoms with van der Waals surface area (Å²) >= 11 is 5.78. The molecule has 20 heavy (non-hydrogen) atoms. The number of benzene rings is 2. The van der Waals surface area contributed by atoms with E-state index in [0.717, 1.165) is 0 Å². The van der Waals surface area contributed by atoms with Crippen LogP contribution in [0.4, 0.5) is 18.9 Å². The monoisotopic (exact) mass is 299 g/mol. The number of carbonyl (C=O) groups excluding carboxylic acids is 1. The lowest BCUT2D eigenvalue weighted by Crippen LogP contribution is -2.14. The Kier molecular flexibility index (Phi) is 3.99. The van der Waals surface area contributed by atoms with Gasteiger partial charge in [-0.2, -0.15) is 0 Å². The van der Waals surface area contributed by atoms with Crippen LogP contribution in [0, 0.1) is 24.4 Å². The quantitative estimate of drug-likeness (QED) is 0.822. The smallest absolute Gasteiger partial charge is 0.255 e. The number of halogens is 4. The topological polar surface area (TPSA) is 29.1 Å². The molecule has 1 N–H and O–H groups in total. The third-order valence-electron chi connectivity index (χ3n) is 2.68. The second kappa shape index (κ2) is 5.54. The average Bonchev–Trinajstić information content (AvgIpc) is 2.38. The van der Waals surface area contributed by atoms with Crippen molar-refractivity contribution in [2.24, 2.45) is 0 Å². The fourth-order valence-electron chi connectivity index (χ4n) is 1.65. The highest BCUT2D eigenvalue weighted by atomic mass is 35.5. The van der Waals surface area contributed by atoms with Crippen molar-refractivity contribution in [3.63, 3.8) is 0 Å². The van der Waals surface area contributed by atoms with Crippen molar-refractivity contribution in [2.45, 2.75) is 6.92 Å². The van der Waals surface area contributed by atoms with Gasteiger partial charge in [0.1, 0.15) is 0 Å². The molecule has 0 aliphatic rings. The fourth-order valence-corrected chi connectivity index (χ4v) is 1.88. The van der Waals surface area contributed by atoms with Crippen LogP contribution in [0.5, 0.6) is 0 Å². The zero-order valence-electron chi connectivity index (χ0n) is 10.3. The number of rotatable bonds is 2. The van der Waals surface area contributed by atoms with E-state index in [1.54, 1.807) is 25.1 Å². The van der Waals surface area contributed by atoms with Gasteiger partial charge in [0.05, 0.1) is 0 Å². The van der Waals surface area contributed by atoms with Gasteiger partial charge in [0.25, 0.3) is 5.91 Å². The third kappa shape index (κ3) is 2.93. The lowest BCUT2D eigenvalue weighted by molar-refractivity contribution is 0.102. The van der Waals surface area contributed by atoms with Gasteiger partial charge < -0.3 is 5.32 Å². The molecule has 0 aliphatic heterocycles. The van der Waals surface area contributed by atoms with E-state index in [9.17, 15) is 18.0 Å². The molecule has 2 aromatic carbocycles. The normalized spacial score (nSPS) is 10.4. The van der Waals surface area contributed by atoms with Crippen LogP contribution in [-0.4, -0.2) is 5.91 Å². The van der Waals surface area contributed by atoms with Crippen LogP contribution in [0.1, 0.15) is 15.9 Å². The maximum Gasteiger partial charge on any atom is 0.255 e. The van der Waals surface area contributed by atoms with Crippen molar-refractivity contribution in [3.8, 4) is 0 Å². The van der Waals surface area contributed by atoms with Gasteiger partial charge in [-0.25, -0.2) is 13.2 Å². The molecule has 2 aromatic rings. The molecule has 0 aromatic heterocycles. The fraction of sp³-hybridized carbons (Fsp3) is 0.0714. The minimum Gasteiger partial charge on any atom is -0.322 e. The summed E-state index contributed by atoms with van der Waals surface area (Å²) in [5.41, 5.74) is 0.828. The Hall–Kier alpha value is -2.01. The molecular formula is C14H9ClF3NO. The molecule has 0 fully saturated rings. The molecule has 2 rings (SSSR count). The first-order valence-electron chi connectivity index (χ1n) is 5.60. The van der Waals surface area contributed by atoms with E-state index in [4.69, 9.17) is 11.6 Å². The summed E-state index contributed by atoms with van der Waals surface area (Å²) < 4.78 is 38.9. The molecule has 6 heteroatoms. The summed E-state index contributed by atoms with van der Waals surface area (Å²) in [6.07, 6.45) is 0. The summed E-state index contributed by atoms with van der Waals surface area (Å²) in [6.45, 7) is 1.72. The highest BCUT2D eigenvalue weighted by molar-refractivity contribution is 6.30. The number of hydrogen-bond acceptors (Lipinski definition) is 1. The molecule has 0 unspecified atom stereocenters. The van der Waals surface area contributed by atoms with Crippen molar-refractivity contribution in [3.05, 3.63) is 63.9 Å². The molecule has 0 aliphatic carbocycles. The Balaban J connectivity index is 2.28. The number of carbonyl (C=O) groups is 1. The molecule has 0 atom stereocenters. The summed E-state index contributed by atoms with van der Waals surface area (Å²) in [6, 6.07) is 6.03. The maximum atomic E-state index is 13.1. The van der Waals surface area contributed by atoms with Gasteiger partial charge >= 0.3 is 0 Å². The Morgan fingerprint density at radius 2 is 1.70 bits per heavy atom. The Morgan fingerprint density at radius 3 is 2.25 bits per heavy atom. The SMILES string of the molecule is Cc1cc(Cl)ccc1NC(=O)c1cc(F)c(F)c(F)c1. The van der Waals surface area contributed by atoms with Crippen LogP contribution >= 0.6 is 11.6 Å². The van der Waals surface area contributed by atoms with E-state index in [1.807, 2.05) is 0 Å². The Labute approximate surface area is 118 Å². The van der Waals surface area contributed by atoms with Crippen molar-refractivity contribution < 1.29 is 18.0 Å². The van der Waals surface area contributed by atoms with Gasteiger partial charge in [0, 0.05) is 16.3 Å². The summed E-state index contributed by atoms with van der Waals surface area (Å²) in [5.74, 6) is -5.18. The van der Waals surface area contributed by atoms with Crippen molar-refractivity contribution in [1.82, 2.24) is 0 Å². The van der Waals surface area contributed by atoms with Gasteiger partial charge in [-0.05, 0) is 42.8 Å². The lowest BCUT2D eigenvalue weighted by Gasteiger charge is -2.09. The highest BCUT2D eigenvalue weighted by Crippen LogP contribution is 2.21. The van der Waals surface area contributed by atoms with Crippen LogP contribution in [0.2, 0.25) is 5.02 Å². The Morgan fingerprint density at radius 1 is 1.10 bits per heavy atom. The number of hydrogen-bond donors (Lipinski definition) is 1. The van der Waals surface area contributed by atoms with E-state index >= 15 is 0 Å². The summed E-state index contributed by atoms with van der Waals surface area (Å²) in [4.78, 5) is 11.9. The lowest BCUT2D eigenvalue weighted by atomic mass is 10.1. The number of nitrogens with one attached hydrogen (secondary N) is 1. The molecule has 0 bridgehead atoms. The first kappa shape index (κ1) is 14.4. The van der Waals surface area contributed by atoms with Crippen molar-refractivity contribution >= 4 is 23.2 Å². The van der Waals surface area contributed by atoms with Crippen molar-refractivity contribution in [1.29, 1.82) is 0 Å². The largest absolute Gasteiger partial charge is 0.322 e. The van der Waals surface area contributed by atoms with Gasteiger partial charge in [0.15, 0.2) is 17.5 Å². The molecule has 2 nitrogen and oxygen atoms in total.